The molecule has 2 N–H and O–H groups in total. The maximum absolute atomic E-state index is 12.0. The molecular formula is C17H20ClN5O2. The van der Waals surface area contributed by atoms with Gasteiger partial charge in [-0.2, -0.15) is 0 Å². The molecule has 0 atom stereocenters. The third-order valence-corrected chi connectivity index (χ3v) is 3.04. The molecule has 1 aromatic carbocycles. The van der Waals surface area contributed by atoms with Crippen molar-refractivity contribution in [3.8, 4) is 0 Å². The first-order chi connectivity index (χ1) is 11.8. The molecule has 0 fully saturated rings. The number of aliphatic imine (C=N–C) groups is 1. The second-order valence-electron chi connectivity index (χ2n) is 6.15. The number of carbonyl (C=O) groups is 1. The summed E-state index contributed by atoms with van der Waals surface area (Å²) in [5.41, 5.74) is 1.50. The summed E-state index contributed by atoms with van der Waals surface area (Å²) in [6.45, 7) is 5.42. The Morgan fingerprint density at radius 1 is 1.32 bits per heavy atom. The highest BCUT2D eigenvalue weighted by Gasteiger charge is 2.17. The number of aromatic nitrogens is 2. The summed E-state index contributed by atoms with van der Waals surface area (Å²) in [4.78, 5) is 23.9. The first kappa shape index (κ1) is 18.7. The van der Waals surface area contributed by atoms with Gasteiger partial charge in [-0.25, -0.2) is 14.8 Å². The largest absolute Gasteiger partial charge is 0.444 e. The SMILES string of the molecule is C/N=C\c1cc(Nc2ccnc(Cl)n2)ccc1NC(=O)OC(C)(C)C. The summed E-state index contributed by atoms with van der Waals surface area (Å²) in [6.07, 6.45) is 2.68. The molecule has 0 unspecified atom stereocenters. The Hall–Kier alpha value is -2.67. The smallest absolute Gasteiger partial charge is 0.412 e. The summed E-state index contributed by atoms with van der Waals surface area (Å²) in [6, 6.07) is 7.09. The van der Waals surface area contributed by atoms with Gasteiger partial charge < -0.3 is 10.1 Å². The van der Waals surface area contributed by atoms with E-state index < -0.39 is 11.7 Å². The Morgan fingerprint density at radius 3 is 2.72 bits per heavy atom. The molecule has 0 aliphatic rings. The van der Waals surface area contributed by atoms with Crippen LogP contribution >= 0.6 is 11.6 Å². The molecule has 7 nitrogen and oxygen atoms in total. The zero-order valence-electron chi connectivity index (χ0n) is 14.5. The standard InChI is InChI=1S/C17H20ClN5O2/c1-17(2,3)25-16(24)22-13-6-5-12(9-11(13)10-19-4)21-14-7-8-20-15(18)23-14/h5-10H,1-4H3,(H,22,24)(H,20,21,23)/b19-10-. The van der Waals surface area contributed by atoms with Gasteiger partial charge in [0.25, 0.3) is 0 Å². The fraction of sp³-hybridized carbons (Fsp3) is 0.294. The molecule has 25 heavy (non-hydrogen) atoms. The Labute approximate surface area is 151 Å². The van der Waals surface area contributed by atoms with Crippen molar-refractivity contribution in [1.82, 2.24) is 9.97 Å². The van der Waals surface area contributed by atoms with Crippen molar-refractivity contribution in [2.45, 2.75) is 26.4 Å². The Morgan fingerprint density at radius 2 is 2.08 bits per heavy atom. The maximum Gasteiger partial charge on any atom is 0.412 e. The molecule has 2 aromatic rings. The Kier molecular flexibility index (Phi) is 5.93. The normalized spacial score (nSPS) is 11.4. The van der Waals surface area contributed by atoms with Crippen LogP contribution in [0.4, 0.5) is 22.0 Å². The van der Waals surface area contributed by atoms with Crippen LogP contribution < -0.4 is 10.6 Å². The van der Waals surface area contributed by atoms with E-state index in [1.807, 2.05) is 6.07 Å². The molecule has 132 valence electrons. The molecular weight excluding hydrogens is 342 g/mol. The number of amides is 1. The summed E-state index contributed by atoms with van der Waals surface area (Å²) >= 11 is 5.78. The molecule has 1 aromatic heterocycles. The molecule has 0 bridgehead atoms. The molecule has 8 heteroatoms. The molecule has 0 spiro atoms. The fourth-order valence-electron chi connectivity index (χ4n) is 1.97. The van der Waals surface area contributed by atoms with Gasteiger partial charge in [0.15, 0.2) is 0 Å². The monoisotopic (exact) mass is 361 g/mol. The van der Waals surface area contributed by atoms with Crippen LogP contribution in [0.2, 0.25) is 5.28 Å². The van der Waals surface area contributed by atoms with Gasteiger partial charge in [0.2, 0.25) is 5.28 Å². The van der Waals surface area contributed by atoms with Gasteiger partial charge in [0.1, 0.15) is 11.4 Å². The second-order valence-corrected chi connectivity index (χ2v) is 6.49. The Bertz CT molecular complexity index is 787. The minimum Gasteiger partial charge on any atom is -0.444 e. The van der Waals surface area contributed by atoms with Crippen molar-refractivity contribution >= 4 is 41.1 Å². The molecule has 0 aliphatic heterocycles. The summed E-state index contributed by atoms with van der Waals surface area (Å²) in [5, 5.41) is 6.00. The predicted molar refractivity (Wildman–Crippen MR) is 100 cm³/mol. The van der Waals surface area contributed by atoms with Gasteiger partial charge >= 0.3 is 6.09 Å². The minimum atomic E-state index is -0.573. The zero-order valence-corrected chi connectivity index (χ0v) is 15.3. The van der Waals surface area contributed by atoms with Crippen LogP contribution in [0.25, 0.3) is 0 Å². The molecule has 0 radical (unpaired) electrons. The first-order valence-electron chi connectivity index (χ1n) is 7.58. The Balaban J connectivity index is 2.21. The third kappa shape index (κ3) is 6.04. The van der Waals surface area contributed by atoms with E-state index in [0.29, 0.717) is 11.5 Å². The van der Waals surface area contributed by atoms with Crippen LogP contribution in [-0.4, -0.2) is 34.9 Å². The molecule has 0 aliphatic carbocycles. The summed E-state index contributed by atoms with van der Waals surface area (Å²) < 4.78 is 5.27. The maximum atomic E-state index is 12.0. The molecule has 2 rings (SSSR count). The van der Waals surface area contributed by atoms with E-state index in [1.54, 1.807) is 58.4 Å². The van der Waals surface area contributed by atoms with Gasteiger partial charge in [-0.15, -0.1) is 0 Å². The minimum absolute atomic E-state index is 0.156. The number of benzene rings is 1. The quantitative estimate of drug-likeness (QED) is 0.627. The van der Waals surface area contributed by atoms with Crippen molar-refractivity contribution in [1.29, 1.82) is 0 Å². The lowest BCUT2D eigenvalue weighted by atomic mass is 10.1. The lowest BCUT2D eigenvalue weighted by molar-refractivity contribution is 0.0636. The van der Waals surface area contributed by atoms with Gasteiger partial charge in [-0.05, 0) is 56.6 Å². The van der Waals surface area contributed by atoms with Crippen LogP contribution in [0.1, 0.15) is 26.3 Å². The van der Waals surface area contributed by atoms with E-state index in [0.717, 1.165) is 11.3 Å². The average molecular weight is 362 g/mol. The summed E-state index contributed by atoms with van der Waals surface area (Å²) in [5.74, 6) is 0.562. The topological polar surface area (TPSA) is 88.5 Å². The van der Waals surface area contributed by atoms with Crippen LogP contribution in [0.15, 0.2) is 35.5 Å². The fourth-order valence-corrected chi connectivity index (χ4v) is 2.11. The van der Waals surface area contributed by atoms with Crippen molar-refractivity contribution in [3.63, 3.8) is 0 Å². The van der Waals surface area contributed by atoms with Crippen molar-refractivity contribution in [2.24, 2.45) is 4.99 Å². The van der Waals surface area contributed by atoms with E-state index in [-0.39, 0.29) is 5.28 Å². The average Bonchev–Trinajstić information content (AvgIpc) is 2.48. The van der Waals surface area contributed by atoms with Crippen LogP contribution in [0, 0.1) is 0 Å². The lowest BCUT2D eigenvalue weighted by Crippen LogP contribution is -2.27. The molecule has 0 saturated heterocycles. The first-order valence-corrected chi connectivity index (χ1v) is 7.96. The zero-order chi connectivity index (χ0) is 18.4. The molecule has 1 heterocycles. The highest BCUT2D eigenvalue weighted by Crippen LogP contribution is 2.23. The number of nitrogens with zero attached hydrogens (tertiary/aromatic N) is 3. The highest BCUT2D eigenvalue weighted by atomic mass is 35.5. The van der Waals surface area contributed by atoms with Crippen LogP contribution in [-0.2, 0) is 4.74 Å². The number of anilines is 3. The highest BCUT2D eigenvalue weighted by molar-refractivity contribution is 6.28. The van der Waals surface area contributed by atoms with Crippen molar-refractivity contribution in [2.75, 3.05) is 17.7 Å². The van der Waals surface area contributed by atoms with E-state index in [4.69, 9.17) is 16.3 Å². The number of nitrogens with one attached hydrogen (secondary N) is 2. The van der Waals surface area contributed by atoms with E-state index in [2.05, 4.69) is 25.6 Å². The van der Waals surface area contributed by atoms with E-state index in [9.17, 15) is 4.79 Å². The van der Waals surface area contributed by atoms with Crippen LogP contribution in [0.3, 0.4) is 0 Å². The van der Waals surface area contributed by atoms with E-state index in [1.165, 1.54) is 0 Å². The van der Waals surface area contributed by atoms with Gasteiger partial charge in [0.05, 0.1) is 5.69 Å². The number of hydrogen-bond donors (Lipinski definition) is 2. The second kappa shape index (κ2) is 7.94. The van der Waals surface area contributed by atoms with Crippen molar-refractivity contribution < 1.29 is 9.53 Å². The van der Waals surface area contributed by atoms with E-state index >= 15 is 0 Å². The predicted octanol–water partition coefficient (Wildman–Crippen LogP) is 4.27. The van der Waals surface area contributed by atoms with Crippen LogP contribution in [0.5, 0.6) is 0 Å². The summed E-state index contributed by atoms with van der Waals surface area (Å²) in [7, 11) is 1.65. The van der Waals surface area contributed by atoms with Crippen molar-refractivity contribution in [3.05, 3.63) is 41.3 Å². The number of hydrogen-bond acceptors (Lipinski definition) is 6. The molecule has 1 amide bonds. The number of rotatable bonds is 4. The molecule has 0 saturated carbocycles. The van der Waals surface area contributed by atoms with Gasteiger partial charge in [-0.3, -0.25) is 10.3 Å². The van der Waals surface area contributed by atoms with Gasteiger partial charge in [0, 0.05) is 30.7 Å². The number of ether oxygens (including phenoxy) is 1. The number of carbonyl (C=O) groups excluding carboxylic acids is 1. The van der Waals surface area contributed by atoms with Gasteiger partial charge in [-0.1, -0.05) is 0 Å². The lowest BCUT2D eigenvalue weighted by Gasteiger charge is -2.20. The number of halogens is 1. The third-order valence-electron chi connectivity index (χ3n) is 2.85.